The first-order valence-corrected chi connectivity index (χ1v) is 16.0. The standard InChI is InChI=1S/C28H35F3N2O5S2/c1-27(2,3)15-40(37,38)22-10-9-17(14-20(22)28(29,30)31)23-21(11-16-7-5-4-6-8-16)33-25(39-23)24(34)32-19-12-18(13-19)26(35)36/h9-10,14,16,18-19H,4-8,11-13,15H2,1-3H3,(H,32,34)(H,35,36). The van der Waals surface area contributed by atoms with E-state index in [-0.39, 0.29) is 16.6 Å². The topological polar surface area (TPSA) is 113 Å². The molecule has 2 saturated carbocycles. The molecule has 220 valence electrons. The van der Waals surface area contributed by atoms with E-state index in [1.165, 1.54) is 6.07 Å². The summed E-state index contributed by atoms with van der Waals surface area (Å²) in [6.45, 7) is 4.96. The van der Waals surface area contributed by atoms with Crippen LogP contribution in [0, 0.1) is 17.3 Å². The van der Waals surface area contributed by atoms with Gasteiger partial charge in [-0.1, -0.05) is 58.9 Å². The van der Waals surface area contributed by atoms with E-state index in [4.69, 9.17) is 5.11 Å². The number of hydrogen-bond acceptors (Lipinski definition) is 6. The fraction of sp³-hybridized carbons (Fsp3) is 0.607. The van der Waals surface area contributed by atoms with Crippen molar-refractivity contribution in [1.82, 2.24) is 10.3 Å². The number of sulfone groups is 1. The van der Waals surface area contributed by atoms with E-state index in [0.717, 1.165) is 55.6 Å². The third-order valence-electron chi connectivity index (χ3n) is 7.43. The largest absolute Gasteiger partial charge is 0.481 e. The molecule has 1 amide bonds. The number of aliphatic carboxylic acids is 1. The minimum Gasteiger partial charge on any atom is -0.481 e. The Morgan fingerprint density at radius 2 is 1.75 bits per heavy atom. The number of rotatable bonds is 8. The minimum atomic E-state index is -4.91. The van der Waals surface area contributed by atoms with E-state index in [1.54, 1.807) is 20.8 Å². The van der Waals surface area contributed by atoms with Gasteiger partial charge >= 0.3 is 12.1 Å². The number of nitrogens with one attached hydrogen (secondary N) is 1. The zero-order valence-electron chi connectivity index (χ0n) is 22.8. The molecule has 7 nitrogen and oxygen atoms in total. The summed E-state index contributed by atoms with van der Waals surface area (Å²) in [7, 11) is -4.23. The maximum absolute atomic E-state index is 14.2. The maximum Gasteiger partial charge on any atom is 0.417 e. The van der Waals surface area contributed by atoms with Crippen LogP contribution in [0.3, 0.4) is 0 Å². The number of nitrogens with zero attached hydrogens (tertiary/aromatic N) is 1. The number of carbonyl (C=O) groups excluding carboxylic acids is 1. The van der Waals surface area contributed by atoms with Crippen molar-refractivity contribution in [1.29, 1.82) is 0 Å². The van der Waals surface area contributed by atoms with Crippen molar-refractivity contribution in [2.75, 3.05) is 5.75 Å². The van der Waals surface area contributed by atoms with E-state index in [2.05, 4.69) is 10.3 Å². The van der Waals surface area contributed by atoms with Crippen molar-refractivity contribution < 1.29 is 36.3 Å². The molecule has 0 unspecified atom stereocenters. The Labute approximate surface area is 236 Å². The second-order valence-corrected chi connectivity index (χ2v) is 15.2. The molecule has 1 heterocycles. The van der Waals surface area contributed by atoms with Crippen molar-refractivity contribution in [2.45, 2.75) is 89.3 Å². The third kappa shape index (κ3) is 7.23. The van der Waals surface area contributed by atoms with Gasteiger partial charge in [0.25, 0.3) is 5.91 Å². The number of thiazole rings is 1. The smallest absolute Gasteiger partial charge is 0.417 e. The van der Waals surface area contributed by atoms with Gasteiger partial charge in [-0.05, 0) is 48.3 Å². The van der Waals surface area contributed by atoms with Crippen LogP contribution >= 0.6 is 11.3 Å². The van der Waals surface area contributed by atoms with Crippen LogP contribution in [-0.2, 0) is 27.2 Å². The molecule has 0 aliphatic heterocycles. The predicted molar refractivity (Wildman–Crippen MR) is 146 cm³/mol. The average Bonchev–Trinajstić information content (AvgIpc) is 3.22. The monoisotopic (exact) mass is 600 g/mol. The van der Waals surface area contributed by atoms with E-state index < -0.39 is 55.4 Å². The Morgan fingerprint density at radius 1 is 1.10 bits per heavy atom. The number of amides is 1. The molecule has 0 saturated heterocycles. The Balaban J connectivity index is 1.71. The molecular weight excluding hydrogens is 565 g/mol. The highest BCUT2D eigenvalue weighted by molar-refractivity contribution is 7.91. The summed E-state index contributed by atoms with van der Waals surface area (Å²) >= 11 is 0.979. The quantitative estimate of drug-likeness (QED) is 0.364. The van der Waals surface area contributed by atoms with Crippen molar-refractivity contribution in [3.05, 3.63) is 34.5 Å². The van der Waals surface area contributed by atoms with E-state index in [0.29, 0.717) is 35.8 Å². The molecule has 1 aromatic carbocycles. The second kappa shape index (κ2) is 11.4. The maximum atomic E-state index is 14.2. The zero-order valence-corrected chi connectivity index (χ0v) is 24.4. The Hall–Kier alpha value is -2.47. The van der Waals surface area contributed by atoms with Gasteiger partial charge in [0.05, 0.1) is 32.7 Å². The molecule has 2 aliphatic rings. The Morgan fingerprint density at radius 3 is 2.33 bits per heavy atom. The first kappa shape index (κ1) is 30.5. The van der Waals surface area contributed by atoms with E-state index >= 15 is 0 Å². The molecule has 40 heavy (non-hydrogen) atoms. The van der Waals surface area contributed by atoms with Gasteiger partial charge in [0.2, 0.25) is 0 Å². The van der Waals surface area contributed by atoms with Crippen LogP contribution in [0.4, 0.5) is 13.2 Å². The second-order valence-electron chi connectivity index (χ2n) is 12.2. The number of aromatic nitrogens is 1. The number of benzene rings is 1. The highest BCUT2D eigenvalue weighted by Crippen LogP contribution is 2.41. The van der Waals surface area contributed by atoms with Gasteiger partial charge in [-0.25, -0.2) is 13.4 Å². The van der Waals surface area contributed by atoms with Crippen LogP contribution in [0.15, 0.2) is 23.1 Å². The average molecular weight is 601 g/mol. The van der Waals surface area contributed by atoms with Crippen LogP contribution in [0.1, 0.15) is 86.8 Å². The molecule has 0 bridgehead atoms. The predicted octanol–water partition coefficient (Wildman–Crippen LogP) is 6.36. The van der Waals surface area contributed by atoms with Crippen molar-refractivity contribution in [3.8, 4) is 10.4 Å². The number of hydrogen-bond donors (Lipinski definition) is 2. The SMILES string of the molecule is CC(C)(C)CS(=O)(=O)c1ccc(-c2sc(C(=O)NC3CC(C(=O)O)C3)nc2CC2CCCCC2)cc1C(F)(F)F. The van der Waals surface area contributed by atoms with Crippen LogP contribution < -0.4 is 5.32 Å². The van der Waals surface area contributed by atoms with Crippen LogP contribution in [0.5, 0.6) is 0 Å². The molecule has 1 aromatic heterocycles. The summed E-state index contributed by atoms with van der Waals surface area (Å²) in [5.41, 5.74) is -1.28. The first-order chi connectivity index (χ1) is 18.5. The molecule has 2 aliphatic carbocycles. The fourth-order valence-electron chi connectivity index (χ4n) is 5.47. The Bertz CT molecular complexity index is 1370. The molecule has 2 fully saturated rings. The fourth-order valence-corrected chi connectivity index (χ4v) is 8.55. The van der Waals surface area contributed by atoms with Crippen LogP contribution in [-0.4, -0.2) is 42.2 Å². The van der Waals surface area contributed by atoms with Gasteiger partial charge < -0.3 is 10.4 Å². The van der Waals surface area contributed by atoms with Gasteiger partial charge in [0, 0.05) is 6.04 Å². The van der Waals surface area contributed by atoms with Gasteiger partial charge in [-0.3, -0.25) is 9.59 Å². The van der Waals surface area contributed by atoms with Crippen LogP contribution in [0.25, 0.3) is 10.4 Å². The molecule has 0 spiro atoms. The number of carboxylic acids is 1. The lowest BCUT2D eigenvalue weighted by molar-refractivity contribution is -0.145. The molecule has 2 N–H and O–H groups in total. The molecular formula is C28H35F3N2O5S2. The molecule has 4 rings (SSSR count). The normalized spacial score (nSPS) is 20.6. The van der Waals surface area contributed by atoms with Crippen molar-refractivity contribution in [2.24, 2.45) is 17.3 Å². The number of halogens is 3. The first-order valence-electron chi connectivity index (χ1n) is 13.5. The highest BCUT2D eigenvalue weighted by Gasteiger charge is 2.39. The van der Waals surface area contributed by atoms with Gasteiger partial charge in [0.1, 0.15) is 0 Å². The number of carbonyl (C=O) groups is 2. The lowest BCUT2D eigenvalue weighted by Crippen LogP contribution is -2.46. The summed E-state index contributed by atoms with van der Waals surface area (Å²) in [6.07, 6.45) is 1.41. The summed E-state index contributed by atoms with van der Waals surface area (Å²) in [5.74, 6) is -2.06. The van der Waals surface area contributed by atoms with E-state index in [1.807, 2.05) is 0 Å². The molecule has 0 radical (unpaired) electrons. The summed E-state index contributed by atoms with van der Waals surface area (Å²) in [5, 5.41) is 12.0. The number of alkyl halides is 3. The summed E-state index contributed by atoms with van der Waals surface area (Å²) in [6, 6.07) is 2.95. The summed E-state index contributed by atoms with van der Waals surface area (Å²) < 4.78 is 68.6. The Kier molecular flexibility index (Phi) is 8.71. The van der Waals surface area contributed by atoms with Gasteiger partial charge in [-0.15, -0.1) is 11.3 Å². The minimum absolute atomic E-state index is 0.0950. The third-order valence-corrected chi connectivity index (χ3v) is 10.8. The van der Waals surface area contributed by atoms with Gasteiger partial charge in [0.15, 0.2) is 14.8 Å². The van der Waals surface area contributed by atoms with Gasteiger partial charge in [-0.2, -0.15) is 13.2 Å². The molecule has 2 aromatic rings. The van der Waals surface area contributed by atoms with Crippen molar-refractivity contribution in [3.63, 3.8) is 0 Å². The summed E-state index contributed by atoms with van der Waals surface area (Å²) in [4.78, 5) is 28.3. The number of carboxylic acid groups (broad SMARTS) is 1. The molecule has 12 heteroatoms. The van der Waals surface area contributed by atoms with Crippen molar-refractivity contribution >= 4 is 33.1 Å². The zero-order chi connectivity index (χ0) is 29.5. The lowest BCUT2D eigenvalue weighted by Gasteiger charge is -2.32. The lowest BCUT2D eigenvalue weighted by atomic mass is 9.80. The highest BCUT2D eigenvalue weighted by atomic mass is 32.2. The van der Waals surface area contributed by atoms with Crippen LogP contribution in [0.2, 0.25) is 0 Å². The van der Waals surface area contributed by atoms with E-state index in [9.17, 15) is 31.2 Å². The molecule has 0 atom stereocenters.